The third kappa shape index (κ3) is 2.47. The molecule has 1 rings (SSSR count). The van der Waals surface area contributed by atoms with Gasteiger partial charge >= 0.3 is 7.60 Å². The average Bonchev–Trinajstić information content (AvgIpc) is 1.88. The zero-order valence-electron chi connectivity index (χ0n) is 5.27. The molecule has 0 atom stereocenters. The lowest BCUT2D eigenvalue weighted by molar-refractivity contribution is 0.377. The maximum absolute atomic E-state index is 10.6. The standard InChI is InChI=1S/C4H9O3PS2/c5-8(6,7)4-9-2-1-3-10-4/h4H,1-3H2,(H2,5,6,7). The van der Waals surface area contributed by atoms with Crippen molar-refractivity contribution in [2.24, 2.45) is 0 Å². The molecule has 0 aromatic heterocycles. The number of thioether (sulfide) groups is 2. The van der Waals surface area contributed by atoms with Gasteiger partial charge in [-0.05, 0) is 17.9 Å². The molecule has 0 amide bonds. The van der Waals surface area contributed by atoms with Gasteiger partial charge in [-0.3, -0.25) is 4.57 Å². The third-order valence-corrected chi connectivity index (χ3v) is 6.61. The first-order valence-electron chi connectivity index (χ1n) is 2.89. The predicted molar refractivity (Wildman–Crippen MR) is 45.4 cm³/mol. The number of rotatable bonds is 1. The Labute approximate surface area is 68.1 Å². The zero-order chi connectivity index (χ0) is 7.61. The smallest absolute Gasteiger partial charge is 0.323 e. The summed E-state index contributed by atoms with van der Waals surface area (Å²) in [5.74, 6) is 1.76. The summed E-state index contributed by atoms with van der Waals surface area (Å²) in [4.78, 5) is 17.4. The summed E-state index contributed by atoms with van der Waals surface area (Å²) in [6.45, 7) is 0. The molecular formula is C4H9O3PS2. The van der Waals surface area contributed by atoms with Crippen molar-refractivity contribution in [1.29, 1.82) is 0 Å². The van der Waals surface area contributed by atoms with Crippen molar-refractivity contribution in [2.75, 3.05) is 11.5 Å². The van der Waals surface area contributed by atoms with Crippen molar-refractivity contribution in [3.05, 3.63) is 0 Å². The van der Waals surface area contributed by atoms with Crippen LogP contribution >= 0.6 is 31.1 Å². The highest BCUT2D eigenvalue weighted by Crippen LogP contribution is 2.54. The van der Waals surface area contributed by atoms with Crippen LogP contribution in [0.15, 0.2) is 0 Å². The van der Waals surface area contributed by atoms with Gasteiger partial charge < -0.3 is 9.79 Å². The molecule has 10 heavy (non-hydrogen) atoms. The summed E-state index contributed by atoms with van der Waals surface area (Å²) < 4.78 is 10.1. The topological polar surface area (TPSA) is 57.5 Å². The van der Waals surface area contributed by atoms with E-state index in [4.69, 9.17) is 9.79 Å². The Hall–Kier alpha value is 0.850. The lowest BCUT2D eigenvalue weighted by atomic mass is 10.6. The Morgan fingerprint density at radius 1 is 1.30 bits per heavy atom. The van der Waals surface area contributed by atoms with Gasteiger partial charge in [0, 0.05) is 0 Å². The van der Waals surface area contributed by atoms with Crippen LogP contribution in [-0.2, 0) is 4.57 Å². The molecule has 60 valence electrons. The molecule has 1 heterocycles. The van der Waals surface area contributed by atoms with Gasteiger partial charge in [0.1, 0.15) is 0 Å². The van der Waals surface area contributed by atoms with Gasteiger partial charge in [-0.2, -0.15) is 0 Å². The molecule has 1 fully saturated rings. The first-order chi connectivity index (χ1) is 4.61. The van der Waals surface area contributed by atoms with E-state index in [-0.39, 0.29) is 0 Å². The molecule has 6 heteroatoms. The molecule has 0 saturated carbocycles. The minimum absolute atomic E-state index is 0.499. The highest BCUT2D eigenvalue weighted by molar-refractivity contribution is 8.24. The van der Waals surface area contributed by atoms with Gasteiger partial charge in [-0.1, -0.05) is 0 Å². The second-order valence-electron chi connectivity index (χ2n) is 1.99. The van der Waals surface area contributed by atoms with Crippen molar-refractivity contribution in [3.63, 3.8) is 0 Å². The monoisotopic (exact) mass is 200 g/mol. The highest BCUT2D eigenvalue weighted by Gasteiger charge is 2.31. The van der Waals surface area contributed by atoms with Crippen molar-refractivity contribution < 1.29 is 14.4 Å². The first-order valence-corrected chi connectivity index (χ1v) is 6.67. The van der Waals surface area contributed by atoms with E-state index in [1.165, 1.54) is 23.5 Å². The molecule has 0 aliphatic carbocycles. The van der Waals surface area contributed by atoms with Gasteiger partial charge in [0.25, 0.3) is 0 Å². The van der Waals surface area contributed by atoms with Gasteiger partial charge in [-0.25, -0.2) is 0 Å². The summed E-state index contributed by atoms with van der Waals surface area (Å²) in [5, 5.41) is 0. The summed E-state index contributed by atoms with van der Waals surface area (Å²) in [6.07, 6.45) is 1.06. The lowest BCUT2D eigenvalue weighted by Gasteiger charge is -2.21. The normalized spacial score (nSPS) is 23.0. The second-order valence-corrected chi connectivity index (χ2v) is 7.11. The van der Waals surface area contributed by atoms with Crippen molar-refractivity contribution >= 4 is 31.1 Å². The largest absolute Gasteiger partial charge is 0.348 e. The van der Waals surface area contributed by atoms with E-state index in [9.17, 15) is 4.57 Å². The van der Waals surface area contributed by atoms with Gasteiger partial charge in [-0.15, -0.1) is 23.5 Å². The summed E-state index contributed by atoms with van der Waals surface area (Å²) >= 11 is 2.74. The molecule has 0 spiro atoms. The highest BCUT2D eigenvalue weighted by atomic mass is 32.2. The van der Waals surface area contributed by atoms with Gasteiger partial charge in [0.05, 0.1) is 0 Å². The molecule has 0 unspecified atom stereocenters. The molecule has 0 radical (unpaired) electrons. The van der Waals surface area contributed by atoms with Crippen LogP contribution in [0, 0.1) is 0 Å². The number of hydrogen-bond donors (Lipinski definition) is 2. The Morgan fingerprint density at radius 2 is 1.80 bits per heavy atom. The van der Waals surface area contributed by atoms with Crippen LogP contribution in [0.25, 0.3) is 0 Å². The summed E-state index contributed by atoms with van der Waals surface area (Å²) in [5.41, 5.74) is 0. The Bertz CT molecular complexity index is 151. The third-order valence-electron chi connectivity index (χ3n) is 1.08. The van der Waals surface area contributed by atoms with E-state index in [0.717, 1.165) is 17.9 Å². The lowest BCUT2D eigenvalue weighted by Crippen LogP contribution is -2.06. The minimum Gasteiger partial charge on any atom is -0.323 e. The van der Waals surface area contributed by atoms with Crippen molar-refractivity contribution in [2.45, 2.75) is 10.7 Å². The summed E-state index contributed by atoms with van der Waals surface area (Å²) in [7, 11) is -3.82. The molecule has 0 bridgehead atoms. The Morgan fingerprint density at radius 3 is 2.10 bits per heavy atom. The average molecular weight is 200 g/mol. The van der Waals surface area contributed by atoms with E-state index in [0.29, 0.717) is 0 Å². The fourth-order valence-corrected chi connectivity index (χ4v) is 5.03. The van der Waals surface area contributed by atoms with Crippen LogP contribution in [0.2, 0.25) is 0 Å². The molecule has 3 nitrogen and oxygen atoms in total. The molecule has 1 aliphatic heterocycles. The zero-order valence-corrected chi connectivity index (χ0v) is 7.79. The van der Waals surface area contributed by atoms with Gasteiger partial charge in [0.15, 0.2) is 4.32 Å². The van der Waals surface area contributed by atoms with E-state index >= 15 is 0 Å². The van der Waals surface area contributed by atoms with Crippen LogP contribution in [0.4, 0.5) is 0 Å². The van der Waals surface area contributed by atoms with E-state index in [1.807, 2.05) is 0 Å². The van der Waals surface area contributed by atoms with Crippen molar-refractivity contribution in [3.8, 4) is 0 Å². The molecule has 0 aromatic rings. The van der Waals surface area contributed by atoms with E-state index < -0.39 is 11.9 Å². The second kappa shape index (κ2) is 3.50. The van der Waals surface area contributed by atoms with Crippen LogP contribution in [-0.4, -0.2) is 25.6 Å². The molecule has 2 N–H and O–H groups in total. The minimum atomic E-state index is -3.82. The SMILES string of the molecule is O=P(O)(O)C1SCCCS1. The fraction of sp³-hybridized carbons (Fsp3) is 1.00. The Balaban J connectivity index is 2.47. The van der Waals surface area contributed by atoms with Crippen LogP contribution in [0.3, 0.4) is 0 Å². The van der Waals surface area contributed by atoms with Crippen LogP contribution in [0.1, 0.15) is 6.42 Å². The molecule has 1 aliphatic rings. The quantitative estimate of drug-likeness (QED) is 0.625. The van der Waals surface area contributed by atoms with Crippen LogP contribution < -0.4 is 0 Å². The molecule has 1 saturated heterocycles. The maximum Gasteiger partial charge on any atom is 0.348 e. The van der Waals surface area contributed by atoms with E-state index in [2.05, 4.69) is 0 Å². The Kier molecular flexibility index (Phi) is 3.13. The van der Waals surface area contributed by atoms with Gasteiger partial charge in [0.2, 0.25) is 0 Å². The predicted octanol–water partition coefficient (Wildman–Crippen LogP) is 1.32. The van der Waals surface area contributed by atoms with E-state index in [1.54, 1.807) is 0 Å². The van der Waals surface area contributed by atoms with Crippen LogP contribution in [0.5, 0.6) is 0 Å². The van der Waals surface area contributed by atoms with Crippen molar-refractivity contribution in [1.82, 2.24) is 0 Å². The summed E-state index contributed by atoms with van der Waals surface area (Å²) in [6, 6.07) is 0. The maximum atomic E-state index is 10.6. The first kappa shape index (κ1) is 8.94. The molecule has 0 aromatic carbocycles. The number of hydrogen-bond acceptors (Lipinski definition) is 3. The fourth-order valence-electron chi connectivity index (χ4n) is 0.670. The molecular weight excluding hydrogens is 191 g/mol.